The molecule has 2 saturated heterocycles. The lowest BCUT2D eigenvalue weighted by Gasteiger charge is -2.41. The first-order valence-electron chi connectivity index (χ1n) is 7.41. The van der Waals surface area contributed by atoms with Crippen molar-refractivity contribution in [3.63, 3.8) is 0 Å². The highest BCUT2D eigenvalue weighted by Gasteiger charge is 2.35. The Labute approximate surface area is 123 Å². The Balaban J connectivity index is 1.70. The number of fused-ring (bicyclic) bond motifs is 1. The summed E-state index contributed by atoms with van der Waals surface area (Å²) in [5, 5.41) is 5.98. The molecule has 112 valence electrons. The van der Waals surface area contributed by atoms with Gasteiger partial charge in [0, 0.05) is 32.6 Å². The highest BCUT2D eigenvalue weighted by Crippen LogP contribution is 2.26. The third-order valence-electron chi connectivity index (χ3n) is 4.33. The second-order valence-corrected chi connectivity index (χ2v) is 5.67. The number of rotatable bonds is 2. The van der Waals surface area contributed by atoms with Crippen molar-refractivity contribution in [2.45, 2.75) is 25.3 Å². The number of anilines is 1. The molecule has 6 nitrogen and oxygen atoms in total. The van der Waals surface area contributed by atoms with Crippen LogP contribution in [-0.2, 0) is 4.79 Å². The van der Waals surface area contributed by atoms with Crippen LogP contribution in [0.25, 0.3) is 0 Å². The molecule has 3 rings (SSSR count). The third kappa shape index (κ3) is 2.84. The van der Waals surface area contributed by atoms with Crippen molar-refractivity contribution in [1.29, 1.82) is 0 Å². The van der Waals surface area contributed by atoms with Gasteiger partial charge in [-0.3, -0.25) is 9.59 Å². The van der Waals surface area contributed by atoms with Gasteiger partial charge in [-0.05, 0) is 30.9 Å². The summed E-state index contributed by atoms with van der Waals surface area (Å²) in [7, 11) is 1.78. The van der Waals surface area contributed by atoms with E-state index in [0.717, 1.165) is 12.8 Å². The molecule has 0 bridgehead atoms. The van der Waals surface area contributed by atoms with E-state index in [0.29, 0.717) is 36.9 Å². The molecule has 6 heteroatoms. The smallest absolute Gasteiger partial charge is 0.272 e. The van der Waals surface area contributed by atoms with Gasteiger partial charge in [-0.25, -0.2) is 4.98 Å². The molecule has 3 heterocycles. The molecule has 2 unspecified atom stereocenters. The molecule has 0 spiro atoms. The predicted octanol–water partition coefficient (Wildman–Crippen LogP) is 0.864. The van der Waals surface area contributed by atoms with Crippen molar-refractivity contribution in [2.24, 2.45) is 5.92 Å². The van der Waals surface area contributed by atoms with E-state index in [2.05, 4.69) is 15.6 Å². The lowest BCUT2D eigenvalue weighted by Crippen LogP contribution is -2.55. The van der Waals surface area contributed by atoms with Gasteiger partial charge >= 0.3 is 0 Å². The fourth-order valence-corrected chi connectivity index (χ4v) is 3.15. The molecule has 0 radical (unpaired) electrons. The number of amides is 2. The quantitative estimate of drug-likeness (QED) is 0.846. The van der Waals surface area contributed by atoms with E-state index < -0.39 is 0 Å². The van der Waals surface area contributed by atoms with E-state index in [-0.39, 0.29) is 17.9 Å². The Kier molecular flexibility index (Phi) is 3.77. The molecule has 2 atom stereocenters. The zero-order valence-electron chi connectivity index (χ0n) is 12.1. The fourth-order valence-electron chi connectivity index (χ4n) is 3.15. The van der Waals surface area contributed by atoms with Crippen LogP contribution in [0.3, 0.4) is 0 Å². The minimum absolute atomic E-state index is 0.0255. The fraction of sp³-hybridized carbons (Fsp3) is 0.533. The highest BCUT2D eigenvalue weighted by atomic mass is 16.2. The maximum Gasteiger partial charge on any atom is 0.272 e. The average Bonchev–Trinajstić information content (AvgIpc) is 2.53. The highest BCUT2D eigenvalue weighted by molar-refractivity contribution is 5.92. The van der Waals surface area contributed by atoms with Gasteiger partial charge in [0.15, 0.2) is 0 Å². The van der Waals surface area contributed by atoms with Gasteiger partial charge in [0.05, 0.1) is 0 Å². The second-order valence-electron chi connectivity index (χ2n) is 5.67. The standard InChI is InChI=1S/C15H20N4O2/c1-16-13-4-2-3-12(17-13)15(21)19-8-7-11-10(9-19)5-6-14(20)18-11/h2-4,10-11H,5-9H2,1H3,(H,16,17)(H,18,20). The molecule has 21 heavy (non-hydrogen) atoms. The summed E-state index contributed by atoms with van der Waals surface area (Å²) < 4.78 is 0. The number of aromatic nitrogens is 1. The van der Waals surface area contributed by atoms with E-state index in [1.54, 1.807) is 13.1 Å². The minimum Gasteiger partial charge on any atom is -0.373 e. The Morgan fingerprint density at radius 3 is 3.10 bits per heavy atom. The van der Waals surface area contributed by atoms with E-state index in [9.17, 15) is 9.59 Å². The van der Waals surface area contributed by atoms with Crippen molar-refractivity contribution in [3.8, 4) is 0 Å². The zero-order chi connectivity index (χ0) is 14.8. The molecule has 2 aliphatic rings. The van der Waals surface area contributed by atoms with E-state index in [4.69, 9.17) is 0 Å². The van der Waals surface area contributed by atoms with Crippen molar-refractivity contribution >= 4 is 17.6 Å². The first-order chi connectivity index (χ1) is 10.2. The van der Waals surface area contributed by atoms with Gasteiger partial charge in [-0.1, -0.05) is 6.07 Å². The molecule has 2 N–H and O–H groups in total. The Morgan fingerprint density at radius 1 is 1.43 bits per heavy atom. The summed E-state index contributed by atoms with van der Waals surface area (Å²) >= 11 is 0. The maximum atomic E-state index is 12.6. The summed E-state index contributed by atoms with van der Waals surface area (Å²) in [6.45, 7) is 1.38. The van der Waals surface area contributed by atoms with Gasteiger partial charge in [0.2, 0.25) is 5.91 Å². The molecule has 2 fully saturated rings. The molecule has 0 saturated carbocycles. The van der Waals surface area contributed by atoms with Gasteiger partial charge in [-0.2, -0.15) is 0 Å². The third-order valence-corrected chi connectivity index (χ3v) is 4.33. The summed E-state index contributed by atoms with van der Waals surface area (Å²) in [5.74, 6) is 1.18. The molecule has 2 aliphatic heterocycles. The summed E-state index contributed by atoms with van der Waals surface area (Å²) in [6, 6.07) is 5.64. The van der Waals surface area contributed by atoms with Crippen LogP contribution in [0.1, 0.15) is 29.8 Å². The van der Waals surface area contributed by atoms with Crippen LogP contribution in [0.4, 0.5) is 5.82 Å². The van der Waals surface area contributed by atoms with Crippen LogP contribution in [-0.4, -0.2) is 47.9 Å². The number of pyridine rings is 1. The van der Waals surface area contributed by atoms with E-state index in [1.807, 2.05) is 17.0 Å². The lowest BCUT2D eigenvalue weighted by atomic mass is 9.85. The normalized spacial score (nSPS) is 25.0. The largest absolute Gasteiger partial charge is 0.373 e. The summed E-state index contributed by atoms with van der Waals surface area (Å²) in [6.07, 6.45) is 2.26. The number of hydrogen-bond acceptors (Lipinski definition) is 4. The second kappa shape index (κ2) is 5.71. The number of hydrogen-bond donors (Lipinski definition) is 2. The number of carbonyl (C=O) groups is 2. The predicted molar refractivity (Wildman–Crippen MR) is 79.0 cm³/mol. The number of piperidine rings is 2. The Bertz CT molecular complexity index is 560. The van der Waals surface area contributed by atoms with Crippen LogP contribution in [0.5, 0.6) is 0 Å². The van der Waals surface area contributed by atoms with Crippen molar-refractivity contribution in [2.75, 3.05) is 25.5 Å². The monoisotopic (exact) mass is 288 g/mol. The molecular formula is C15H20N4O2. The molecule has 0 aliphatic carbocycles. The minimum atomic E-state index is -0.0255. The number of nitrogens with zero attached hydrogens (tertiary/aromatic N) is 2. The van der Waals surface area contributed by atoms with Crippen molar-refractivity contribution in [1.82, 2.24) is 15.2 Å². The van der Waals surface area contributed by atoms with Gasteiger partial charge in [-0.15, -0.1) is 0 Å². The molecular weight excluding hydrogens is 268 g/mol. The van der Waals surface area contributed by atoms with Gasteiger partial charge in [0.25, 0.3) is 5.91 Å². The topological polar surface area (TPSA) is 74.3 Å². The van der Waals surface area contributed by atoms with Crippen LogP contribution < -0.4 is 10.6 Å². The zero-order valence-corrected chi connectivity index (χ0v) is 12.1. The van der Waals surface area contributed by atoms with Crippen molar-refractivity contribution < 1.29 is 9.59 Å². The summed E-state index contributed by atoms with van der Waals surface area (Å²) in [5.41, 5.74) is 0.472. The first kappa shape index (κ1) is 13.9. The molecule has 1 aromatic heterocycles. The van der Waals surface area contributed by atoms with E-state index >= 15 is 0 Å². The van der Waals surface area contributed by atoms with Crippen LogP contribution in [0.2, 0.25) is 0 Å². The molecule has 2 amide bonds. The van der Waals surface area contributed by atoms with E-state index in [1.165, 1.54) is 0 Å². The van der Waals surface area contributed by atoms with Crippen LogP contribution in [0.15, 0.2) is 18.2 Å². The van der Waals surface area contributed by atoms with Gasteiger partial charge in [0.1, 0.15) is 11.5 Å². The van der Waals surface area contributed by atoms with Crippen LogP contribution in [0, 0.1) is 5.92 Å². The van der Waals surface area contributed by atoms with Crippen LogP contribution >= 0.6 is 0 Å². The number of carbonyl (C=O) groups excluding carboxylic acids is 2. The van der Waals surface area contributed by atoms with Gasteiger partial charge < -0.3 is 15.5 Å². The Hall–Kier alpha value is -2.11. The first-order valence-corrected chi connectivity index (χ1v) is 7.41. The molecule has 0 aromatic carbocycles. The Morgan fingerprint density at radius 2 is 2.29 bits per heavy atom. The lowest BCUT2D eigenvalue weighted by molar-refractivity contribution is -0.125. The summed E-state index contributed by atoms with van der Waals surface area (Å²) in [4.78, 5) is 30.1. The van der Waals surface area contributed by atoms with Crippen molar-refractivity contribution in [3.05, 3.63) is 23.9 Å². The number of nitrogens with one attached hydrogen (secondary N) is 2. The SMILES string of the molecule is CNc1cccc(C(=O)N2CCC3NC(=O)CCC3C2)n1. The molecule has 1 aromatic rings. The maximum absolute atomic E-state index is 12.6. The number of likely N-dealkylation sites (tertiary alicyclic amines) is 1. The average molecular weight is 288 g/mol.